The lowest BCUT2D eigenvalue weighted by atomic mass is 10.0. The van der Waals surface area contributed by atoms with Crippen molar-refractivity contribution in [2.45, 2.75) is 18.9 Å². The van der Waals surface area contributed by atoms with Gasteiger partial charge in [-0.25, -0.2) is 0 Å². The molecule has 3 N–H and O–H groups in total. The summed E-state index contributed by atoms with van der Waals surface area (Å²) in [5.74, 6) is -1.09. The molecular formula is C14H17N3O3. The third-order valence-electron chi connectivity index (χ3n) is 3.48. The van der Waals surface area contributed by atoms with Gasteiger partial charge in [0.25, 0.3) is 5.91 Å². The molecule has 20 heavy (non-hydrogen) atoms. The highest BCUT2D eigenvalue weighted by molar-refractivity contribution is 5.97. The SMILES string of the molecule is N#CCN1CCC(NC(=O)c2cccc(O)c2O)CC1. The maximum Gasteiger partial charge on any atom is 0.255 e. The van der Waals surface area contributed by atoms with Gasteiger partial charge < -0.3 is 15.5 Å². The standard InChI is InChI=1S/C14H17N3O3/c15-6-9-17-7-4-10(5-8-17)16-14(20)11-2-1-3-12(18)13(11)19/h1-3,10,18-19H,4-5,7-9H2,(H,16,20). The Balaban J connectivity index is 1.93. The predicted octanol–water partition coefficient (Wildman–Crippen LogP) is 0.816. The molecule has 1 aliphatic heterocycles. The van der Waals surface area contributed by atoms with Crippen LogP contribution in [-0.2, 0) is 0 Å². The molecule has 6 heteroatoms. The van der Waals surface area contributed by atoms with Crippen LogP contribution in [0.15, 0.2) is 18.2 Å². The second kappa shape index (κ2) is 6.26. The van der Waals surface area contributed by atoms with Crippen molar-refractivity contribution in [2.75, 3.05) is 19.6 Å². The molecule has 1 amide bonds. The maximum absolute atomic E-state index is 12.0. The number of para-hydroxylation sites is 1. The Morgan fingerprint density at radius 2 is 2.10 bits per heavy atom. The van der Waals surface area contributed by atoms with E-state index < -0.39 is 11.7 Å². The summed E-state index contributed by atoms with van der Waals surface area (Å²) in [5, 5.41) is 30.5. The van der Waals surface area contributed by atoms with Crippen LogP contribution in [0.2, 0.25) is 0 Å². The molecule has 1 aliphatic rings. The minimum Gasteiger partial charge on any atom is -0.504 e. The summed E-state index contributed by atoms with van der Waals surface area (Å²) in [4.78, 5) is 14.1. The van der Waals surface area contributed by atoms with E-state index in [0.717, 1.165) is 25.9 Å². The van der Waals surface area contributed by atoms with Gasteiger partial charge in [0.15, 0.2) is 11.5 Å². The molecule has 1 saturated heterocycles. The van der Waals surface area contributed by atoms with Crippen molar-refractivity contribution in [3.05, 3.63) is 23.8 Å². The largest absolute Gasteiger partial charge is 0.504 e. The fourth-order valence-electron chi connectivity index (χ4n) is 2.31. The molecular weight excluding hydrogens is 258 g/mol. The number of hydrogen-bond acceptors (Lipinski definition) is 5. The van der Waals surface area contributed by atoms with Crippen LogP contribution in [0.1, 0.15) is 23.2 Å². The van der Waals surface area contributed by atoms with Gasteiger partial charge in [0.2, 0.25) is 0 Å². The number of aromatic hydroxyl groups is 2. The van der Waals surface area contributed by atoms with E-state index in [9.17, 15) is 15.0 Å². The second-order valence-corrected chi connectivity index (χ2v) is 4.86. The van der Waals surface area contributed by atoms with Gasteiger partial charge >= 0.3 is 0 Å². The average molecular weight is 275 g/mol. The van der Waals surface area contributed by atoms with E-state index in [-0.39, 0.29) is 17.4 Å². The van der Waals surface area contributed by atoms with Crippen molar-refractivity contribution >= 4 is 5.91 Å². The van der Waals surface area contributed by atoms with E-state index in [1.54, 1.807) is 0 Å². The third kappa shape index (κ3) is 3.19. The van der Waals surface area contributed by atoms with E-state index in [1.807, 2.05) is 4.90 Å². The number of amides is 1. The Bertz CT molecular complexity index is 531. The molecule has 0 bridgehead atoms. The van der Waals surface area contributed by atoms with Gasteiger partial charge in [-0.1, -0.05) is 6.07 Å². The number of carbonyl (C=O) groups excluding carboxylic acids is 1. The van der Waals surface area contributed by atoms with Crippen LogP contribution in [0.25, 0.3) is 0 Å². The van der Waals surface area contributed by atoms with Gasteiger partial charge in [0, 0.05) is 19.1 Å². The van der Waals surface area contributed by atoms with E-state index in [4.69, 9.17) is 5.26 Å². The minimum absolute atomic E-state index is 0.0270. The monoisotopic (exact) mass is 275 g/mol. The quantitative estimate of drug-likeness (QED) is 0.560. The normalized spacial score (nSPS) is 16.6. The lowest BCUT2D eigenvalue weighted by Crippen LogP contribution is -2.44. The zero-order valence-electron chi connectivity index (χ0n) is 11.0. The molecule has 0 atom stereocenters. The molecule has 106 valence electrons. The van der Waals surface area contributed by atoms with Crippen molar-refractivity contribution < 1.29 is 15.0 Å². The summed E-state index contributed by atoms with van der Waals surface area (Å²) >= 11 is 0. The summed E-state index contributed by atoms with van der Waals surface area (Å²) < 4.78 is 0. The van der Waals surface area contributed by atoms with Gasteiger partial charge in [-0.2, -0.15) is 5.26 Å². The molecule has 6 nitrogen and oxygen atoms in total. The fraction of sp³-hybridized carbons (Fsp3) is 0.429. The molecule has 2 rings (SSSR count). The van der Waals surface area contributed by atoms with Crippen LogP contribution in [0.3, 0.4) is 0 Å². The van der Waals surface area contributed by atoms with Crippen LogP contribution < -0.4 is 5.32 Å². The molecule has 1 fully saturated rings. The van der Waals surface area contributed by atoms with Gasteiger partial charge in [-0.15, -0.1) is 0 Å². The van der Waals surface area contributed by atoms with Crippen LogP contribution in [0.5, 0.6) is 11.5 Å². The molecule has 0 spiro atoms. The van der Waals surface area contributed by atoms with E-state index >= 15 is 0 Å². The number of phenolic OH excluding ortho intramolecular Hbond substituents is 2. The van der Waals surface area contributed by atoms with E-state index in [2.05, 4.69) is 11.4 Å². The average Bonchev–Trinajstić information content (AvgIpc) is 2.44. The minimum atomic E-state index is -0.396. The third-order valence-corrected chi connectivity index (χ3v) is 3.48. The number of rotatable bonds is 3. The van der Waals surface area contributed by atoms with Crippen molar-refractivity contribution in [1.29, 1.82) is 5.26 Å². The Hall–Kier alpha value is -2.26. The highest BCUT2D eigenvalue weighted by Crippen LogP contribution is 2.28. The molecule has 0 aromatic heterocycles. The van der Waals surface area contributed by atoms with Gasteiger partial charge in [-0.05, 0) is 25.0 Å². The van der Waals surface area contributed by atoms with Crippen LogP contribution in [-0.4, -0.2) is 46.7 Å². The summed E-state index contributed by atoms with van der Waals surface area (Å²) in [7, 11) is 0. The number of piperidine rings is 1. The number of nitriles is 1. The topological polar surface area (TPSA) is 96.6 Å². The van der Waals surface area contributed by atoms with Crippen LogP contribution in [0.4, 0.5) is 0 Å². The van der Waals surface area contributed by atoms with Gasteiger partial charge in [-0.3, -0.25) is 9.69 Å². The number of hydrogen-bond donors (Lipinski definition) is 3. The fourth-order valence-corrected chi connectivity index (χ4v) is 2.31. The lowest BCUT2D eigenvalue weighted by molar-refractivity contribution is 0.0911. The zero-order valence-corrected chi connectivity index (χ0v) is 11.0. The number of nitrogens with one attached hydrogen (secondary N) is 1. The van der Waals surface area contributed by atoms with Crippen molar-refractivity contribution in [3.8, 4) is 17.6 Å². The number of phenols is 2. The van der Waals surface area contributed by atoms with Crippen molar-refractivity contribution in [2.24, 2.45) is 0 Å². The number of benzene rings is 1. The molecule has 1 aromatic carbocycles. The molecule has 1 aromatic rings. The number of carbonyl (C=O) groups is 1. The Kier molecular flexibility index (Phi) is 4.43. The highest BCUT2D eigenvalue weighted by atomic mass is 16.3. The first kappa shape index (κ1) is 14.2. The summed E-state index contributed by atoms with van der Waals surface area (Å²) in [6.07, 6.45) is 1.54. The zero-order chi connectivity index (χ0) is 14.5. The molecule has 0 aliphatic carbocycles. The molecule has 0 unspecified atom stereocenters. The summed E-state index contributed by atoms with van der Waals surface area (Å²) in [5.41, 5.74) is 0.0736. The van der Waals surface area contributed by atoms with E-state index in [1.165, 1.54) is 18.2 Å². The van der Waals surface area contributed by atoms with Crippen LogP contribution >= 0.6 is 0 Å². The number of nitrogens with zero attached hydrogens (tertiary/aromatic N) is 2. The first-order valence-corrected chi connectivity index (χ1v) is 6.53. The van der Waals surface area contributed by atoms with Crippen LogP contribution in [0, 0.1) is 11.3 Å². The highest BCUT2D eigenvalue weighted by Gasteiger charge is 2.22. The Morgan fingerprint density at radius 3 is 2.75 bits per heavy atom. The van der Waals surface area contributed by atoms with Crippen molar-refractivity contribution in [3.63, 3.8) is 0 Å². The van der Waals surface area contributed by atoms with Gasteiger partial charge in [0.1, 0.15) is 0 Å². The second-order valence-electron chi connectivity index (χ2n) is 4.86. The summed E-state index contributed by atoms with van der Waals surface area (Å²) in [6, 6.07) is 6.44. The smallest absolute Gasteiger partial charge is 0.255 e. The summed E-state index contributed by atoms with van der Waals surface area (Å²) in [6.45, 7) is 1.95. The van der Waals surface area contributed by atoms with E-state index in [0.29, 0.717) is 6.54 Å². The molecule has 0 saturated carbocycles. The molecule has 1 heterocycles. The number of likely N-dealkylation sites (tertiary alicyclic amines) is 1. The van der Waals surface area contributed by atoms with Gasteiger partial charge in [0.05, 0.1) is 18.2 Å². The Morgan fingerprint density at radius 1 is 1.40 bits per heavy atom. The first-order valence-electron chi connectivity index (χ1n) is 6.53. The maximum atomic E-state index is 12.0. The van der Waals surface area contributed by atoms with Crippen molar-refractivity contribution in [1.82, 2.24) is 10.2 Å². The Labute approximate surface area is 117 Å². The predicted molar refractivity (Wildman–Crippen MR) is 72.3 cm³/mol. The first-order chi connectivity index (χ1) is 9.61. The molecule has 0 radical (unpaired) electrons. The lowest BCUT2D eigenvalue weighted by Gasteiger charge is -2.30.